The number of fused-ring (bicyclic) bond motifs is 1. The number of hydrogen-bond acceptors (Lipinski definition) is 14. The van der Waals surface area contributed by atoms with Crippen molar-refractivity contribution < 1.29 is 70.0 Å². The number of aromatic nitrogens is 4. The molecule has 34 heavy (non-hydrogen) atoms. The number of nitrogens with two attached hydrogens (primary N) is 1. The molecule has 0 aromatic carbocycles. The van der Waals surface area contributed by atoms with Crippen LogP contribution in [0.5, 0.6) is 0 Å². The van der Waals surface area contributed by atoms with Gasteiger partial charge < -0.3 is 40.0 Å². The van der Waals surface area contributed by atoms with Gasteiger partial charge in [0.2, 0.25) is 0 Å². The van der Waals surface area contributed by atoms with Crippen LogP contribution in [0.2, 0.25) is 0 Å². The third-order valence-electron chi connectivity index (χ3n) is 3.95. The highest BCUT2D eigenvalue weighted by Gasteiger charge is 2.48. The summed E-state index contributed by atoms with van der Waals surface area (Å²) in [5.41, 5.74) is 6.13. The molecule has 1 fully saturated rings. The third-order valence-corrected chi connectivity index (χ3v) is 9.46. The molecule has 0 amide bonds. The molecule has 2 aromatic heterocycles. The molecule has 1 aliphatic heterocycles. The molecule has 1 saturated heterocycles. The number of phosphoric ester groups is 1. The van der Waals surface area contributed by atoms with Gasteiger partial charge in [-0.3, -0.25) is 9.09 Å². The molecular formula is C10H17N5O15P4. The molecule has 0 saturated carbocycles. The van der Waals surface area contributed by atoms with Gasteiger partial charge in [-0.25, -0.2) is 33.2 Å². The minimum Gasteiger partial charge on any atom is -0.394 e. The van der Waals surface area contributed by atoms with Crippen LogP contribution in [0.1, 0.15) is 12.6 Å². The predicted octanol–water partition coefficient (Wildman–Crippen LogP) is -0.483. The number of rotatable bonds is 10. The minimum absolute atomic E-state index is 0.0594. The van der Waals surface area contributed by atoms with Gasteiger partial charge in [-0.05, 0) is 0 Å². The Hall–Kier alpha value is -1.17. The summed E-state index contributed by atoms with van der Waals surface area (Å²) < 4.78 is 68.3. The Labute approximate surface area is 188 Å². The maximum absolute atomic E-state index is 12.2. The molecule has 20 nitrogen and oxygen atoms in total. The van der Waals surface area contributed by atoms with Gasteiger partial charge in [-0.15, -0.1) is 0 Å². The Morgan fingerprint density at radius 1 is 1.00 bits per heavy atom. The number of imidazole rings is 1. The average molecular weight is 571 g/mol. The first kappa shape index (κ1) is 27.4. The SMILES string of the molecule is Nc1ncnc2c1ncn2[C@H]1C[C@H](OP(=O)(O)OP(=O)(O)OP(=O)(O)OP(=O)(O)O)[C@@H](CO)O1. The second-order valence-electron chi connectivity index (χ2n) is 6.42. The summed E-state index contributed by atoms with van der Waals surface area (Å²) in [6.45, 7) is -0.750. The lowest BCUT2D eigenvalue weighted by molar-refractivity contribution is -0.0425. The second-order valence-corrected chi connectivity index (χ2v) is 12.4. The number of nitrogen functional groups attached to an aromatic ring is 1. The lowest BCUT2D eigenvalue weighted by Gasteiger charge is -2.21. The van der Waals surface area contributed by atoms with Crippen LogP contribution in [0.25, 0.3) is 11.2 Å². The van der Waals surface area contributed by atoms with Gasteiger partial charge in [0.05, 0.1) is 12.9 Å². The van der Waals surface area contributed by atoms with E-state index in [9.17, 15) is 33.2 Å². The normalized spacial score (nSPS) is 26.7. The van der Waals surface area contributed by atoms with Crippen molar-refractivity contribution >= 4 is 48.3 Å². The van der Waals surface area contributed by atoms with Crippen LogP contribution in [-0.4, -0.2) is 67.9 Å². The lowest BCUT2D eigenvalue weighted by atomic mass is 10.2. The summed E-state index contributed by atoms with van der Waals surface area (Å²) in [5, 5.41) is 9.52. The maximum atomic E-state index is 12.2. The van der Waals surface area contributed by atoms with E-state index in [2.05, 4.69) is 27.9 Å². The molecule has 2 aromatic rings. The van der Waals surface area contributed by atoms with Gasteiger partial charge in [-0.1, -0.05) is 0 Å². The van der Waals surface area contributed by atoms with Crippen molar-refractivity contribution in [2.75, 3.05) is 12.3 Å². The minimum atomic E-state index is -5.98. The highest BCUT2D eigenvalue weighted by atomic mass is 31.3. The first-order chi connectivity index (χ1) is 15.5. The van der Waals surface area contributed by atoms with Crippen molar-refractivity contribution in [1.29, 1.82) is 0 Å². The van der Waals surface area contributed by atoms with Gasteiger partial charge in [0, 0.05) is 6.42 Å². The number of hydrogen-bond donors (Lipinski definition) is 7. The summed E-state index contributed by atoms with van der Waals surface area (Å²) in [4.78, 5) is 57.1. The molecule has 8 N–H and O–H groups in total. The largest absolute Gasteiger partial charge is 0.490 e. The topological polar surface area (TPSA) is 305 Å². The molecule has 1 aliphatic rings. The molecule has 0 radical (unpaired) electrons. The molecule has 3 heterocycles. The first-order valence-electron chi connectivity index (χ1n) is 8.56. The van der Waals surface area contributed by atoms with Crippen LogP contribution in [-0.2, 0) is 40.5 Å². The molecule has 3 rings (SSSR count). The van der Waals surface area contributed by atoms with Gasteiger partial charge in [0.25, 0.3) is 0 Å². The fourth-order valence-electron chi connectivity index (χ4n) is 2.84. The maximum Gasteiger partial charge on any atom is 0.490 e. The van der Waals surface area contributed by atoms with E-state index in [4.69, 9.17) is 29.7 Å². The quantitative estimate of drug-likeness (QED) is 0.177. The number of aliphatic hydroxyl groups is 1. The van der Waals surface area contributed by atoms with Crippen LogP contribution in [0.3, 0.4) is 0 Å². The number of nitrogens with zero attached hydrogens (tertiary/aromatic N) is 4. The number of anilines is 1. The fraction of sp³-hybridized carbons (Fsp3) is 0.500. The van der Waals surface area contributed by atoms with Gasteiger partial charge in [-0.2, -0.15) is 12.9 Å². The standard InChI is InChI=1S/C10H17N5O15P4/c11-9-8-10(13-3-12-9)15(4-14-8)7-1-5(6(2-16)26-7)27-32(20,21)29-34(24,25)30-33(22,23)28-31(17,18)19/h3-7,16H,1-2H2,(H,20,21)(H,22,23)(H,24,25)(H2,11,12,13)(H2,17,18,19)/t5-,6+,7+/m0/s1. The average Bonchev–Trinajstić information content (AvgIpc) is 3.21. The molecule has 24 heteroatoms. The van der Waals surface area contributed by atoms with Crippen LogP contribution in [0.15, 0.2) is 12.7 Å². The molecule has 0 spiro atoms. The van der Waals surface area contributed by atoms with Crippen molar-refractivity contribution in [3.05, 3.63) is 12.7 Å². The molecule has 192 valence electrons. The van der Waals surface area contributed by atoms with Crippen LogP contribution in [0.4, 0.5) is 5.82 Å². The highest BCUT2D eigenvalue weighted by molar-refractivity contribution is 7.69. The Bertz CT molecular complexity index is 1250. The van der Waals surface area contributed by atoms with E-state index in [1.165, 1.54) is 10.9 Å². The van der Waals surface area contributed by atoms with Crippen LogP contribution < -0.4 is 5.73 Å². The fourth-order valence-corrected chi connectivity index (χ4v) is 7.50. The summed E-state index contributed by atoms with van der Waals surface area (Å²) in [7, 11) is -23.2. The van der Waals surface area contributed by atoms with E-state index in [0.29, 0.717) is 0 Å². The number of aliphatic hydroxyl groups excluding tert-OH is 1. The zero-order valence-corrected chi connectivity index (χ0v) is 19.9. The molecule has 6 atom stereocenters. The van der Waals surface area contributed by atoms with Crippen molar-refractivity contribution in [2.24, 2.45) is 0 Å². The van der Waals surface area contributed by atoms with E-state index in [1.54, 1.807) is 0 Å². The first-order valence-corrected chi connectivity index (χ1v) is 14.6. The van der Waals surface area contributed by atoms with Gasteiger partial charge in [0.15, 0.2) is 11.5 Å². The Balaban J connectivity index is 1.72. The van der Waals surface area contributed by atoms with Gasteiger partial charge >= 0.3 is 31.3 Å². The Morgan fingerprint density at radius 2 is 1.62 bits per heavy atom. The zero-order chi connectivity index (χ0) is 25.5. The van der Waals surface area contributed by atoms with Crippen molar-refractivity contribution in [3.63, 3.8) is 0 Å². The lowest BCUT2D eigenvalue weighted by Crippen LogP contribution is -2.27. The third kappa shape index (κ3) is 6.95. The predicted molar refractivity (Wildman–Crippen MR) is 105 cm³/mol. The highest BCUT2D eigenvalue weighted by Crippen LogP contribution is 2.71. The smallest absolute Gasteiger partial charge is 0.394 e. The molecule has 0 aliphatic carbocycles. The van der Waals surface area contributed by atoms with E-state index in [0.717, 1.165) is 6.33 Å². The Morgan fingerprint density at radius 3 is 2.24 bits per heavy atom. The molecule has 3 unspecified atom stereocenters. The summed E-state index contributed by atoms with van der Waals surface area (Å²) >= 11 is 0. The second kappa shape index (κ2) is 9.71. The van der Waals surface area contributed by atoms with Crippen molar-refractivity contribution in [1.82, 2.24) is 19.5 Å². The monoisotopic (exact) mass is 571 g/mol. The van der Waals surface area contributed by atoms with Crippen LogP contribution >= 0.6 is 31.3 Å². The van der Waals surface area contributed by atoms with E-state index in [1.807, 2.05) is 0 Å². The zero-order valence-electron chi connectivity index (χ0n) is 16.3. The summed E-state index contributed by atoms with van der Waals surface area (Å²) in [6.07, 6.45) is -1.55. The molecular weight excluding hydrogens is 554 g/mol. The van der Waals surface area contributed by atoms with Gasteiger partial charge in [0.1, 0.15) is 30.3 Å². The van der Waals surface area contributed by atoms with E-state index >= 15 is 0 Å². The van der Waals surface area contributed by atoms with Crippen molar-refractivity contribution in [3.8, 4) is 0 Å². The number of phosphoric acid groups is 4. The Kier molecular flexibility index (Phi) is 7.83. The molecule has 0 bridgehead atoms. The van der Waals surface area contributed by atoms with E-state index in [-0.39, 0.29) is 23.4 Å². The number of ether oxygens (including phenoxy) is 1. The summed E-state index contributed by atoms with van der Waals surface area (Å²) in [6, 6.07) is 0. The van der Waals surface area contributed by atoms with Crippen molar-refractivity contribution in [2.45, 2.75) is 24.9 Å². The summed E-state index contributed by atoms with van der Waals surface area (Å²) in [5.74, 6) is 0.0594. The van der Waals surface area contributed by atoms with Crippen LogP contribution in [0, 0.1) is 0 Å². The van der Waals surface area contributed by atoms with E-state index < -0.39 is 56.3 Å².